The van der Waals surface area contributed by atoms with Crippen LogP contribution in [-0.2, 0) is 11.3 Å². The van der Waals surface area contributed by atoms with Crippen molar-refractivity contribution in [3.05, 3.63) is 65.7 Å². The molecule has 4 heteroatoms. The van der Waals surface area contributed by atoms with Crippen molar-refractivity contribution in [1.82, 2.24) is 4.90 Å². The van der Waals surface area contributed by atoms with E-state index < -0.39 is 0 Å². The number of carbonyl (C=O) groups is 1. The summed E-state index contributed by atoms with van der Waals surface area (Å²) in [6, 6.07) is 18.1. The first-order valence-corrected chi connectivity index (χ1v) is 7.92. The minimum Gasteiger partial charge on any atom is -0.497 e. The van der Waals surface area contributed by atoms with E-state index in [1.165, 1.54) is 5.56 Å². The Kier molecular flexibility index (Phi) is 4.15. The highest BCUT2D eigenvalue weighted by molar-refractivity contribution is 8.00. The van der Waals surface area contributed by atoms with E-state index in [1.54, 1.807) is 18.9 Å². The van der Waals surface area contributed by atoms with Gasteiger partial charge in [0.05, 0.1) is 12.9 Å². The number of hydrogen-bond donors (Lipinski definition) is 0. The minimum atomic E-state index is 0.112. The topological polar surface area (TPSA) is 29.5 Å². The molecule has 21 heavy (non-hydrogen) atoms. The Bertz CT molecular complexity index is 612. The van der Waals surface area contributed by atoms with E-state index in [-0.39, 0.29) is 11.3 Å². The van der Waals surface area contributed by atoms with E-state index in [4.69, 9.17) is 4.74 Å². The van der Waals surface area contributed by atoms with Gasteiger partial charge in [0.1, 0.15) is 11.1 Å². The van der Waals surface area contributed by atoms with E-state index in [0.29, 0.717) is 12.3 Å². The normalized spacial score (nSPS) is 18.0. The van der Waals surface area contributed by atoms with Crippen LogP contribution in [0.15, 0.2) is 54.6 Å². The van der Waals surface area contributed by atoms with Gasteiger partial charge in [0.15, 0.2) is 0 Å². The number of rotatable bonds is 4. The number of amides is 1. The predicted octanol–water partition coefficient (Wildman–Crippen LogP) is 3.47. The van der Waals surface area contributed by atoms with E-state index in [2.05, 4.69) is 12.1 Å². The van der Waals surface area contributed by atoms with Gasteiger partial charge in [-0.2, -0.15) is 0 Å². The monoisotopic (exact) mass is 299 g/mol. The van der Waals surface area contributed by atoms with Crippen molar-refractivity contribution in [3.63, 3.8) is 0 Å². The van der Waals surface area contributed by atoms with Gasteiger partial charge in [0.25, 0.3) is 0 Å². The Labute approximate surface area is 128 Å². The number of carbonyl (C=O) groups excluding carboxylic acids is 1. The van der Waals surface area contributed by atoms with Crippen LogP contribution in [-0.4, -0.2) is 23.7 Å². The molecule has 0 radical (unpaired) electrons. The Morgan fingerprint density at radius 2 is 1.86 bits per heavy atom. The third kappa shape index (κ3) is 3.05. The Balaban J connectivity index is 1.79. The highest BCUT2D eigenvalue weighted by atomic mass is 32.2. The lowest BCUT2D eigenvalue weighted by Gasteiger charge is -2.24. The molecule has 1 aliphatic heterocycles. The van der Waals surface area contributed by atoms with Gasteiger partial charge in [-0.05, 0) is 23.3 Å². The maximum Gasteiger partial charge on any atom is 0.234 e. The fraction of sp³-hybridized carbons (Fsp3) is 0.235. The molecule has 0 saturated carbocycles. The van der Waals surface area contributed by atoms with Crippen LogP contribution in [0.2, 0.25) is 0 Å². The molecule has 3 nitrogen and oxygen atoms in total. The first-order valence-electron chi connectivity index (χ1n) is 6.87. The van der Waals surface area contributed by atoms with Crippen molar-refractivity contribution in [2.75, 3.05) is 12.9 Å². The quantitative estimate of drug-likeness (QED) is 0.866. The summed E-state index contributed by atoms with van der Waals surface area (Å²) in [6.45, 7) is 0.634. The molecular formula is C17H17NO2S. The van der Waals surface area contributed by atoms with Crippen LogP contribution in [0.4, 0.5) is 0 Å². The van der Waals surface area contributed by atoms with Gasteiger partial charge in [0, 0.05) is 6.54 Å². The molecule has 1 aliphatic rings. The van der Waals surface area contributed by atoms with Gasteiger partial charge in [-0.15, -0.1) is 11.8 Å². The zero-order chi connectivity index (χ0) is 14.7. The van der Waals surface area contributed by atoms with E-state index >= 15 is 0 Å². The molecule has 1 atom stereocenters. The van der Waals surface area contributed by atoms with Crippen LogP contribution in [0.1, 0.15) is 16.5 Å². The van der Waals surface area contributed by atoms with Crippen molar-refractivity contribution >= 4 is 17.7 Å². The number of hydrogen-bond acceptors (Lipinski definition) is 3. The molecule has 2 aromatic carbocycles. The summed E-state index contributed by atoms with van der Waals surface area (Å²) in [5.74, 6) is 1.58. The molecule has 3 rings (SSSR count). The van der Waals surface area contributed by atoms with Crippen molar-refractivity contribution < 1.29 is 9.53 Å². The number of nitrogens with zero attached hydrogens (tertiary/aromatic N) is 1. The first kappa shape index (κ1) is 14.0. The van der Waals surface area contributed by atoms with Gasteiger partial charge >= 0.3 is 0 Å². The zero-order valence-electron chi connectivity index (χ0n) is 11.9. The first-order chi connectivity index (χ1) is 10.3. The molecule has 1 amide bonds. The second kappa shape index (κ2) is 6.22. The van der Waals surface area contributed by atoms with Gasteiger partial charge in [-0.25, -0.2) is 0 Å². The molecule has 1 fully saturated rings. The number of ether oxygens (including phenoxy) is 1. The summed E-state index contributed by atoms with van der Waals surface area (Å²) in [5.41, 5.74) is 2.30. The smallest absolute Gasteiger partial charge is 0.234 e. The molecule has 1 saturated heterocycles. The predicted molar refractivity (Wildman–Crippen MR) is 85.2 cm³/mol. The lowest BCUT2D eigenvalue weighted by Crippen LogP contribution is -2.27. The third-order valence-electron chi connectivity index (χ3n) is 3.56. The molecular weight excluding hydrogens is 282 g/mol. The van der Waals surface area contributed by atoms with Crippen molar-refractivity contribution in [1.29, 1.82) is 0 Å². The largest absolute Gasteiger partial charge is 0.497 e. The molecule has 108 valence electrons. The Morgan fingerprint density at radius 1 is 1.14 bits per heavy atom. The van der Waals surface area contributed by atoms with Crippen LogP contribution < -0.4 is 4.74 Å². The van der Waals surface area contributed by atoms with E-state index in [0.717, 1.165) is 11.3 Å². The van der Waals surface area contributed by atoms with Crippen molar-refractivity contribution in [3.8, 4) is 5.75 Å². The maximum absolute atomic E-state index is 12.2. The molecule has 0 unspecified atom stereocenters. The Hall–Kier alpha value is -1.94. The lowest BCUT2D eigenvalue weighted by atomic mass is 10.1. The fourth-order valence-electron chi connectivity index (χ4n) is 2.45. The minimum absolute atomic E-state index is 0.112. The summed E-state index contributed by atoms with van der Waals surface area (Å²) >= 11 is 1.69. The number of benzene rings is 2. The molecule has 0 aliphatic carbocycles. The maximum atomic E-state index is 12.2. The second-order valence-corrected chi connectivity index (χ2v) is 6.01. The summed E-state index contributed by atoms with van der Waals surface area (Å²) in [5, 5.41) is 0.112. The summed E-state index contributed by atoms with van der Waals surface area (Å²) < 4.78 is 5.17. The van der Waals surface area contributed by atoms with Crippen molar-refractivity contribution in [2.24, 2.45) is 0 Å². The molecule has 0 aromatic heterocycles. The number of methoxy groups -OCH3 is 1. The SMILES string of the molecule is COc1ccc(CN2C(=O)CS[C@H]2c2ccccc2)cc1. The average molecular weight is 299 g/mol. The highest BCUT2D eigenvalue weighted by Gasteiger charge is 2.32. The lowest BCUT2D eigenvalue weighted by molar-refractivity contribution is -0.128. The van der Waals surface area contributed by atoms with Crippen LogP contribution in [0.25, 0.3) is 0 Å². The van der Waals surface area contributed by atoms with Crippen LogP contribution in [0, 0.1) is 0 Å². The summed E-state index contributed by atoms with van der Waals surface area (Å²) in [6.07, 6.45) is 0. The summed E-state index contributed by atoms with van der Waals surface area (Å²) in [4.78, 5) is 14.1. The van der Waals surface area contributed by atoms with Gasteiger partial charge in [-0.1, -0.05) is 42.5 Å². The standard InChI is InChI=1S/C17H17NO2S/c1-20-15-9-7-13(8-10-15)11-18-16(19)12-21-17(18)14-5-3-2-4-6-14/h2-10,17H,11-12H2,1H3/t17-/m0/s1. The van der Waals surface area contributed by atoms with Crippen LogP contribution in [0.5, 0.6) is 5.75 Å². The van der Waals surface area contributed by atoms with Crippen LogP contribution >= 0.6 is 11.8 Å². The molecule has 0 spiro atoms. The molecule has 0 N–H and O–H groups in total. The zero-order valence-corrected chi connectivity index (χ0v) is 12.7. The fourth-order valence-corrected chi connectivity index (χ4v) is 3.63. The van der Waals surface area contributed by atoms with Crippen molar-refractivity contribution in [2.45, 2.75) is 11.9 Å². The van der Waals surface area contributed by atoms with Crippen LogP contribution in [0.3, 0.4) is 0 Å². The average Bonchev–Trinajstić information content (AvgIpc) is 2.90. The van der Waals surface area contributed by atoms with Gasteiger partial charge in [0.2, 0.25) is 5.91 Å². The number of thioether (sulfide) groups is 1. The van der Waals surface area contributed by atoms with E-state index in [9.17, 15) is 4.79 Å². The highest BCUT2D eigenvalue weighted by Crippen LogP contribution is 2.39. The van der Waals surface area contributed by atoms with Gasteiger partial charge in [-0.3, -0.25) is 4.79 Å². The second-order valence-electron chi connectivity index (χ2n) is 4.94. The Morgan fingerprint density at radius 3 is 2.52 bits per heavy atom. The summed E-state index contributed by atoms with van der Waals surface area (Å²) in [7, 11) is 1.65. The van der Waals surface area contributed by atoms with E-state index in [1.807, 2.05) is 47.4 Å². The third-order valence-corrected chi connectivity index (χ3v) is 4.82. The molecule has 2 aromatic rings. The van der Waals surface area contributed by atoms with Gasteiger partial charge < -0.3 is 9.64 Å². The molecule has 0 bridgehead atoms. The molecule has 1 heterocycles.